The van der Waals surface area contributed by atoms with E-state index in [2.05, 4.69) is 10.6 Å². The van der Waals surface area contributed by atoms with Crippen LogP contribution >= 0.6 is 0 Å². The lowest BCUT2D eigenvalue weighted by Crippen LogP contribution is -2.56. The first-order valence-electron chi connectivity index (χ1n) is 12.7. The molecule has 1 saturated heterocycles. The number of nitrogens with two attached hydrogens (primary N) is 1. The van der Waals surface area contributed by atoms with Crippen LogP contribution in [0.3, 0.4) is 0 Å². The van der Waals surface area contributed by atoms with E-state index < -0.39 is 41.2 Å². The molecule has 3 aliphatic rings. The minimum absolute atomic E-state index is 0.142. The number of carbonyl (C=O) groups is 4. The number of nitrogens with zero attached hydrogens (tertiary/aromatic N) is 1. The van der Waals surface area contributed by atoms with Gasteiger partial charge in [-0.2, -0.15) is 0 Å². The number of ether oxygens (including phenoxy) is 2. The quantitative estimate of drug-likeness (QED) is 0.403. The molecule has 1 aliphatic carbocycles. The second-order valence-electron chi connectivity index (χ2n) is 10.8. The number of nitrogens with one attached hydrogen (secondary N) is 2. The monoisotopic (exact) mass is 492 g/mol. The van der Waals surface area contributed by atoms with Crippen LogP contribution in [-0.2, 0) is 23.9 Å². The summed E-state index contributed by atoms with van der Waals surface area (Å²) in [5.74, 6) is -1.40. The SMILES string of the molecule is CCOC(=O)[C@@]12C[C@H]1/C=C\CCCCC[C@H](NC(=O)OC(C)(C)C)C(=O)N1C[C@@H](N)C[C@H]1C(=O)N2. The Morgan fingerprint density at radius 3 is 2.69 bits per heavy atom. The number of rotatable bonds is 3. The molecule has 0 unspecified atom stereocenters. The van der Waals surface area contributed by atoms with E-state index in [0.29, 0.717) is 12.8 Å². The summed E-state index contributed by atoms with van der Waals surface area (Å²) in [6.07, 6.45) is 7.84. The van der Waals surface area contributed by atoms with Gasteiger partial charge in [0.05, 0.1) is 6.61 Å². The second-order valence-corrected chi connectivity index (χ2v) is 10.8. The molecule has 0 radical (unpaired) electrons. The Balaban J connectivity index is 1.84. The maximum Gasteiger partial charge on any atom is 0.408 e. The zero-order chi connectivity index (χ0) is 25.8. The topological polar surface area (TPSA) is 140 Å². The Morgan fingerprint density at radius 2 is 2.00 bits per heavy atom. The van der Waals surface area contributed by atoms with Crippen LogP contribution in [0.4, 0.5) is 4.79 Å². The summed E-state index contributed by atoms with van der Waals surface area (Å²) in [4.78, 5) is 53.7. The largest absolute Gasteiger partial charge is 0.464 e. The first kappa shape index (κ1) is 27.0. The van der Waals surface area contributed by atoms with Crippen molar-refractivity contribution in [1.29, 1.82) is 0 Å². The maximum absolute atomic E-state index is 13.6. The lowest BCUT2D eigenvalue weighted by molar-refractivity contribution is -0.150. The summed E-state index contributed by atoms with van der Waals surface area (Å²) >= 11 is 0. The van der Waals surface area contributed by atoms with Gasteiger partial charge < -0.3 is 30.7 Å². The Kier molecular flexibility index (Phi) is 8.46. The van der Waals surface area contributed by atoms with Crippen LogP contribution in [0.25, 0.3) is 0 Å². The molecule has 2 aliphatic heterocycles. The molecular weight excluding hydrogens is 452 g/mol. The number of fused-ring (bicyclic) bond motifs is 2. The maximum atomic E-state index is 13.6. The van der Waals surface area contributed by atoms with Crippen LogP contribution < -0.4 is 16.4 Å². The van der Waals surface area contributed by atoms with E-state index in [4.69, 9.17) is 15.2 Å². The highest BCUT2D eigenvalue weighted by Crippen LogP contribution is 2.46. The van der Waals surface area contributed by atoms with Gasteiger partial charge in [0.2, 0.25) is 11.8 Å². The third-order valence-electron chi connectivity index (χ3n) is 6.64. The summed E-state index contributed by atoms with van der Waals surface area (Å²) in [7, 11) is 0. The Bertz CT molecular complexity index is 853. The normalized spacial score (nSPS) is 32.8. The molecule has 10 nitrogen and oxygen atoms in total. The van der Waals surface area contributed by atoms with E-state index in [9.17, 15) is 19.2 Å². The van der Waals surface area contributed by atoms with Crippen molar-refractivity contribution in [1.82, 2.24) is 15.5 Å². The third kappa shape index (κ3) is 6.74. The van der Waals surface area contributed by atoms with E-state index in [0.717, 1.165) is 25.7 Å². The second kappa shape index (κ2) is 11.0. The zero-order valence-electron chi connectivity index (χ0n) is 21.3. The molecule has 2 fully saturated rings. The van der Waals surface area contributed by atoms with Crippen molar-refractivity contribution in [2.75, 3.05) is 13.2 Å². The summed E-state index contributed by atoms with van der Waals surface area (Å²) in [5.41, 5.74) is 4.34. The van der Waals surface area contributed by atoms with Gasteiger partial charge in [0, 0.05) is 18.5 Å². The summed E-state index contributed by atoms with van der Waals surface area (Å²) < 4.78 is 10.6. The number of alkyl carbamates (subject to hydrolysis) is 1. The minimum atomic E-state index is -1.11. The Morgan fingerprint density at radius 1 is 1.26 bits per heavy atom. The Hall–Kier alpha value is -2.62. The van der Waals surface area contributed by atoms with Crippen LogP contribution in [0.1, 0.15) is 72.6 Å². The van der Waals surface area contributed by atoms with Crippen molar-refractivity contribution in [2.24, 2.45) is 11.7 Å². The Labute approximate surface area is 207 Å². The van der Waals surface area contributed by atoms with E-state index in [1.165, 1.54) is 4.90 Å². The molecule has 196 valence electrons. The van der Waals surface area contributed by atoms with Gasteiger partial charge in [0.25, 0.3) is 0 Å². The van der Waals surface area contributed by atoms with Gasteiger partial charge in [0.15, 0.2) is 0 Å². The lowest BCUT2D eigenvalue weighted by Gasteiger charge is -2.30. The van der Waals surface area contributed by atoms with E-state index >= 15 is 0 Å². The fraction of sp³-hybridized carbons (Fsp3) is 0.760. The minimum Gasteiger partial charge on any atom is -0.464 e. The molecule has 0 bridgehead atoms. The smallest absolute Gasteiger partial charge is 0.408 e. The van der Waals surface area contributed by atoms with Gasteiger partial charge in [0.1, 0.15) is 23.2 Å². The number of carbonyl (C=O) groups excluding carboxylic acids is 4. The fourth-order valence-electron chi connectivity index (χ4n) is 4.83. The summed E-state index contributed by atoms with van der Waals surface area (Å²) in [6, 6.07) is -2.05. The number of esters is 1. The molecule has 2 heterocycles. The van der Waals surface area contributed by atoms with Crippen LogP contribution in [0.2, 0.25) is 0 Å². The van der Waals surface area contributed by atoms with Crippen LogP contribution in [0.5, 0.6) is 0 Å². The highest BCUT2D eigenvalue weighted by atomic mass is 16.6. The van der Waals surface area contributed by atoms with Gasteiger partial charge in [-0.15, -0.1) is 0 Å². The number of allylic oxidation sites excluding steroid dienone is 1. The highest BCUT2D eigenvalue weighted by Gasteiger charge is 2.62. The molecule has 1 saturated carbocycles. The van der Waals surface area contributed by atoms with Gasteiger partial charge in [-0.05, 0) is 59.8 Å². The molecule has 0 aromatic carbocycles. The van der Waals surface area contributed by atoms with Crippen LogP contribution in [0, 0.1) is 5.92 Å². The zero-order valence-corrected chi connectivity index (χ0v) is 21.3. The van der Waals surface area contributed by atoms with E-state index in [1.54, 1.807) is 27.7 Å². The number of amides is 3. The highest BCUT2D eigenvalue weighted by molar-refractivity contribution is 5.96. The standard InChI is InChI=1S/C25H40N4O6/c1-5-34-22(32)25-14-16(25)11-9-7-6-8-10-12-18(27-23(33)35-24(2,3)4)21(31)29-15-17(26)13-19(29)20(30)28-25/h9,11,16-19H,5-8,10,12-15,26H2,1-4H3,(H,27,33)(H,28,30)/b11-9-/t16-,17+,18+,19+,25-/m1/s1. The number of hydrogen-bond donors (Lipinski definition) is 3. The van der Waals surface area contributed by atoms with Gasteiger partial charge in [-0.1, -0.05) is 25.0 Å². The van der Waals surface area contributed by atoms with Crippen molar-refractivity contribution >= 4 is 23.9 Å². The number of hydrogen-bond acceptors (Lipinski definition) is 7. The average Bonchev–Trinajstić information content (AvgIpc) is 3.30. The third-order valence-corrected chi connectivity index (χ3v) is 6.64. The van der Waals surface area contributed by atoms with Gasteiger partial charge >= 0.3 is 12.1 Å². The molecule has 0 aromatic rings. The molecule has 0 aromatic heterocycles. The molecule has 35 heavy (non-hydrogen) atoms. The summed E-state index contributed by atoms with van der Waals surface area (Å²) in [5, 5.41) is 5.60. The van der Waals surface area contributed by atoms with Crippen molar-refractivity contribution in [2.45, 2.75) is 102 Å². The average molecular weight is 493 g/mol. The molecule has 4 N–H and O–H groups in total. The molecule has 3 rings (SSSR count). The van der Waals surface area contributed by atoms with Crippen LogP contribution in [0.15, 0.2) is 12.2 Å². The molecule has 0 spiro atoms. The van der Waals surface area contributed by atoms with E-state index in [-0.39, 0.29) is 37.4 Å². The summed E-state index contributed by atoms with van der Waals surface area (Å²) in [6.45, 7) is 7.39. The molecular formula is C25H40N4O6. The predicted octanol–water partition coefficient (Wildman–Crippen LogP) is 1.77. The van der Waals surface area contributed by atoms with Crippen molar-refractivity contribution in [3.63, 3.8) is 0 Å². The molecule has 10 heteroatoms. The van der Waals surface area contributed by atoms with Crippen LogP contribution in [-0.4, -0.2) is 71.2 Å². The van der Waals surface area contributed by atoms with Crippen molar-refractivity contribution in [3.05, 3.63) is 12.2 Å². The first-order chi connectivity index (χ1) is 16.5. The fourth-order valence-corrected chi connectivity index (χ4v) is 4.83. The lowest BCUT2D eigenvalue weighted by atomic mass is 10.0. The van der Waals surface area contributed by atoms with Gasteiger partial charge in [-0.3, -0.25) is 9.59 Å². The molecule has 5 atom stereocenters. The van der Waals surface area contributed by atoms with Gasteiger partial charge in [-0.25, -0.2) is 9.59 Å². The predicted molar refractivity (Wildman–Crippen MR) is 129 cm³/mol. The van der Waals surface area contributed by atoms with E-state index in [1.807, 2.05) is 12.2 Å². The van der Waals surface area contributed by atoms with Crippen molar-refractivity contribution < 1.29 is 28.7 Å². The van der Waals surface area contributed by atoms with Crippen molar-refractivity contribution in [3.8, 4) is 0 Å². The molecule has 3 amide bonds. The first-order valence-corrected chi connectivity index (χ1v) is 12.7.